The van der Waals surface area contributed by atoms with E-state index in [0.29, 0.717) is 37.8 Å². The molecule has 2 N–H and O–H groups in total. The number of ether oxygens (including phenoxy) is 1. The lowest BCUT2D eigenvalue weighted by Gasteiger charge is -2.41. The molecular weight excluding hydrogens is 433 g/mol. The summed E-state index contributed by atoms with van der Waals surface area (Å²) < 4.78 is 45.1. The Balaban J connectivity index is 0.00000272. The molecule has 1 heterocycles. The summed E-state index contributed by atoms with van der Waals surface area (Å²) in [7, 11) is 0. The number of hydrogen-bond donors (Lipinski definition) is 1. The van der Waals surface area contributed by atoms with Gasteiger partial charge in [0.15, 0.2) is 0 Å². The smallest absolute Gasteiger partial charge is 0.416 e. The van der Waals surface area contributed by atoms with Crippen molar-refractivity contribution in [1.82, 2.24) is 4.90 Å². The number of esters is 1. The Morgan fingerprint density at radius 3 is 2.48 bits per heavy atom. The normalized spacial score (nSPS) is 26.6. The maximum Gasteiger partial charge on any atom is 0.416 e. The van der Waals surface area contributed by atoms with Crippen molar-refractivity contribution in [2.75, 3.05) is 6.54 Å². The number of nitrogens with zero attached hydrogens (tertiary/aromatic N) is 1. The first-order valence-corrected chi connectivity index (χ1v) is 10.5. The van der Waals surface area contributed by atoms with Crippen LogP contribution in [0.5, 0.6) is 0 Å². The fourth-order valence-electron chi connectivity index (χ4n) is 5.15. The summed E-state index contributed by atoms with van der Waals surface area (Å²) in [6, 6.07) is 3.59. The molecule has 1 aromatic carbocycles. The molecule has 1 unspecified atom stereocenters. The average molecular weight is 461 g/mol. The van der Waals surface area contributed by atoms with E-state index in [2.05, 4.69) is 0 Å². The van der Waals surface area contributed by atoms with Crippen molar-refractivity contribution in [3.8, 4) is 0 Å². The van der Waals surface area contributed by atoms with Crippen LogP contribution in [0.3, 0.4) is 0 Å². The summed E-state index contributed by atoms with van der Waals surface area (Å²) >= 11 is 0. The minimum absolute atomic E-state index is 0. The Morgan fingerprint density at radius 1 is 1.23 bits per heavy atom. The van der Waals surface area contributed by atoms with Gasteiger partial charge in [-0.05, 0) is 67.7 Å². The van der Waals surface area contributed by atoms with Gasteiger partial charge in [0.05, 0.1) is 11.0 Å². The van der Waals surface area contributed by atoms with Gasteiger partial charge in [0, 0.05) is 26.1 Å². The summed E-state index contributed by atoms with van der Waals surface area (Å²) in [6.07, 6.45) is -0.992. The van der Waals surface area contributed by atoms with Crippen molar-refractivity contribution in [2.24, 2.45) is 17.1 Å². The number of halogens is 4. The lowest BCUT2D eigenvalue weighted by molar-refractivity contribution is -0.166. The van der Waals surface area contributed by atoms with Gasteiger partial charge in [-0.15, -0.1) is 12.4 Å². The monoisotopic (exact) mass is 460 g/mol. The van der Waals surface area contributed by atoms with Gasteiger partial charge >= 0.3 is 12.1 Å². The quantitative estimate of drug-likeness (QED) is 0.693. The number of nitrogens with two attached hydrogens (primary N) is 1. The molecule has 2 fully saturated rings. The molecule has 9 heteroatoms. The molecule has 0 bridgehead atoms. The molecule has 1 amide bonds. The largest absolute Gasteiger partial charge is 0.461 e. The van der Waals surface area contributed by atoms with Crippen molar-refractivity contribution in [2.45, 2.75) is 70.3 Å². The number of amides is 1. The van der Waals surface area contributed by atoms with E-state index < -0.39 is 29.2 Å². The molecule has 0 spiro atoms. The van der Waals surface area contributed by atoms with Crippen LogP contribution in [0.2, 0.25) is 0 Å². The molecule has 1 aliphatic heterocycles. The zero-order chi connectivity index (χ0) is 21.7. The Bertz CT molecular complexity index is 859. The van der Waals surface area contributed by atoms with Crippen LogP contribution < -0.4 is 5.73 Å². The molecule has 1 aromatic rings. The van der Waals surface area contributed by atoms with Gasteiger partial charge in [0.25, 0.3) is 0 Å². The maximum absolute atomic E-state index is 13.8. The molecule has 4 rings (SSSR count). The number of fused-ring (bicyclic) bond motifs is 1. The predicted octanol–water partition coefficient (Wildman–Crippen LogP) is 3.85. The van der Waals surface area contributed by atoms with E-state index in [1.165, 1.54) is 13.0 Å². The number of carbonyl (C=O) groups is 2. The Morgan fingerprint density at radius 2 is 1.94 bits per heavy atom. The Hall–Kier alpha value is -1.80. The van der Waals surface area contributed by atoms with E-state index in [0.717, 1.165) is 30.5 Å². The van der Waals surface area contributed by atoms with E-state index in [4.69, 9.17) is 10.5 Å². The summed E-state index contributed by atoms with van der Waals surface area (Å²) in [5, 5.41) is 0. The average Bonchev–Trinajstić information content (AvgIpc) is 3.45. The highest BCUT2D eigenvalue weighted by molar-refractivity contribution is 5.85. The number of hydrogen-bond acceptors (Lipinski definition) is 4. The van der Waals surface area contributed by atoms with Gasteiger partial charge in [0.1, 0.15) is 6.10 Å². The second-order valence-electron chi connectivity index (χ2n) is 8.98. The van der Waals surface area contributed by atoms with E-state index in [9.17, 15) is 22.8 Å². The van der Waals surface area contributed by atoms with Crippen molar-refractivity contribution in [1.29, 1.82) is 0 Å². The van der Waals surface area contributed by atoms with E-state index in [1.807, 2.05) is 0 Å². The minimum atomic E-state index is -4.42. The fraction of sp³-hybridized carbons (Fsp3) is 0.636. The van der Waals surface area contributed by atoms with Gasteiger partial charge in [-0.3, -0.25) is 9.59 Å². The van der Waals surface area contributed by atoms with Crippen molar-refractivity contribution in [3.05, 3.63) is 34.9 Å². The first-order valence-electron chi connectivity index (χ1n) is 10.5. The van der Waals surface area contributed by atoms with Crippen LogP contribution in [-0.4, -0.2) is 35.5 Å². The first-order chi connectivity index (χ1) is 14.1. The highest BCUT2D eigenvalue weighted by Gasteiger charge is 2.57. The van der Waals surface area contributed by atoms with Crippen molar-refractivity contribution < 1.29 is 27.5 Å². The molecule has 31 heavy (non-hydrogen) atoms. The van der Waals surface area contributed by atoms with Gasteiger partial charge in [-0.25, -0.2) is 0 Å². The van der Waals surface area contributed by atoms with Gasteiger partial charge in [-0.1, -0.05) is 6.07 Å². The molecule has 0 aromatic heterocycles. The number of rotatable bonds is 4. The molecule has 2 saturated carbocycles. The third kappa shape index (κ3) is 4.70. The molecule has 3 atom stereocenters. The standard InChI is InChI=1S/C22H27F3N2O3.ClH/c1-13(28)30-19(15-2-3-15)21(8-6-18(26)11-21)20(29)27-9-7-14-4-5-17(22(23,24)25)10-16(14)12-27;/h4-5,10,15,18-19H,2-3,6-9,11-12,26H2,1H3;1H/t18-,19?,21+;/m1./s1. The lowest BCUT2D eigenvalue weighted by atomic mass is 9.75. The summed E-state index contributed by atoms with van der Waals surface area (Å²) in [4.78, 5) is 27.2. The zero-order valence-corrected chi connectivity index (χ0v) is 18.2. The van der Waals surface area contributed by atoms with E-state index in [1.54, 1.807) is 4.90 Å². The molecular formula is C22H28ClF3N2O3. The summed E-state index contributed by atoms with van der Waals surface area (Å²) in [5.74, 6) is -0.410. The molecule has 2 aliphatic carbocycles. The van der Waals surface area contributed by atoms with Crippen LogP contribution in [0.4, 0.5) is 13.2 Å². The molecule has 3 aliphatic rings. The predicted molar refractivity (Wildman–Crippen MR) is 110 cm³/mol. The van der Waals surface area contributed by atoms with E-state index in [-0.39, 0.29) is 36.8 Å². The topological polar surface area (TPSA) is 72.6 Å². The summed E-state index contributed by atoms with van der Waals surface area (Å²) in [5.41, 5.74) is 5.95. The highest BCUT2D eigenvalue weighted by Crippen LogP contribution is 2.52. The van der Waals surface area contributed by atoms with Crippen LogP contribution in [-0.2, 0) is 33.5 Å². The molecule has 5 nitrogen and oxygen atoms in total. The fourth-order valence-corrected chi connectivity index (χ4v) is 5.15. The number of alkyl halides is 3. The second kappa shape index (κ2) is 8.62. The van der Waals surface area contributed by atoms with Crippen LogP contribution >= 0.6 is 12.4 Å². The molecule has 172 valence electrons. The zero-order valence-electron chi connectivity index (χ0n) is 17.4. The van der Waals surface area contributed by atoms with Crippen molar-refractivity contribution >= 4 is 24.3 Å². The third-order valence-electron chi connectivity index (χ3n) is 6.73. The highest BCUT2D eigenvalue weighted by atomic mass is 35.5. The van der Waals surface area contributed by atoms with Crippen LogP contribution in [0, 0.1) is 11.3 Å². The molecule has 0 saturated heterocycles. The first kappa shape index (κ1) is 23.9. The third-order valence-corrected chi connectivity index (χ3v) is 6.73. The van der Waals surface area contributed by atoms with E-state index >= 15 is 0 Å². The van der Waals surface area contributed by atoms with Crippen LogP contribution in [0.1, 0.15) is 55.7 Å². The Labute approximate surface area is 185 Å². The minimum Gasteiger partial charge on any atom is -0.461 e. The SMILES string of the molecule is CC(=O)OC(C1CC1)[C@]1(C(=O)N2CCc3ccc(C(F)(F)F)cc3C2)CC[C@@H](N)C1.Cl. The molecule has 0 radical (unpaired) electrons. The van der Waals surface area contributed by atoms with Crippen LogP contribution in [0.25, 0.3) is 0 Å². The van der Waals surface area contributed by atoms with Gasteiger partial charge in [-0.2, -0.15) is 13.2 Å². The van der Waals surface area contributed by atoms with Gasteiger partial charge < -0.3 is 15.4 Å². The second-order valence-corrected chi connectivity index (χ2v) is 8.98. The summed E-state index contributed by atoms with van der Waals surface area (Å²) in [6.45, 7) is 1.91. The van der Waals surface area contributed by atoms with Gasteiger partial charge in [0.2, 0.25) is 5.91 Å². The maximum atomic E-state index is 13.8. The number of carbonyl (C=O) groups excluding carboxylic acids is 2. The Kier molecular flexibility index (Phi) is 6.63. The number of benzene rings is 1. The van der Waals surface area contributed by atoms with Crippen LogP contribution in [0.15, 0.2) is 18.2 Å². The van der Waals surface area contributed by atoms with Crippen molar-refractivity contribution in [3.63, 3.8) is 0 Å². The lowest BCUT2D eigenvalue weighted by Crippen LogP contribution is -2.53.